The van der Waals surface area contributed by atoms with Crippen LogP contribution in [0.1, 0.15) is 118 Å². The molecule has 3 aliphatic rings. The van der Waals surface area contributed by atoms with Crippen molar-refractivity contribution < 1.29 is 0 Å². The molecule has 0 aromatic rings. The number of hydrogen-bond donors (Lipinski definition) is 0. The highest BCUT2D eigenvalue weighted by Gasteiger charge is 2.59. The van der Waals surface area contributed by atoms with Gasteiger partial charge in [0.25, 0.3) is 0 Å². The number of hydrogen-bond acceptors (Lipinski definition) is 2. The van der Waals surface area contributed by atoms with Gasteiger partial charge in [0.05, 0.1) is 12.1 Å². The molecule has 0 N–H and O–H groups in total. The van der Waals surface area contributed by atoms with E-state index < -0.39 is 0 Å². The van der Waals surface area contributed by atoms with E-state index in [9.17, 15) is 10.5 Å². The van der Waals surface area contributed by atoms with Crippen molar-refractivity contribution in [3.05, 3.63) is 0 Å². The van der Waals surface area contributed by atoms with Gasteiger partial charge < -0.3 is 0 Å². The van der Waals surface area contributed by atoms with Gasteiger partial charge in [-0.05, 0) is 104 Å². The maximum Gasteiger partial charge on any atom is 0.0621 e. The predicted molar refractivity (Wildman–Crippen MR) is 129 cm³/mol. The molecule has 2 nitrogen and oxygen atoms in total. The summed E-state index contributed by atoms with van der Waals surface area (Å²) >= 11 is 0. The first-order valence-electron chi connectivity index (χ1n) is 13.5. The first-order valence-corrected chi connectivity index (χ1v) is 13.5. The Balaban J connectivity index is 1.75. The van der Waals surface area contributed by atoms with Gasteiger partial charge in [0, 0.05) is 12.8 Å². The smallest absolute Gasteiger partial charge is 0.0621 e. The Morgan fingerprint density at radius 3 is 2.29 bits per heavy atom. The third kappa shape index (κ3) is 4.85. The van der Waals surface area contributed by atoms with Crippen molar-refractivity contribution in [2.75, 3.05) is 0 Å². The minimum Gasteiger partial charge on any atom is -0.198 e. The van der Waals surface area contributed by atoms with Gasteiger partial charge in [-0.15, -0.1) is 0 Å². The van der Waals surface area contributed by atoms with E-state index in [4.69, 9.17) is 0 Å². The molecule has 0 amide bonds. The van der Waals surface area contributed by atoms with Crippen molar-refractivity contribution in [2.24, 2.45) is 52.3 Å². The van der Waals surface area contributed by atoms with Crippen LogP contribution in [0.25, 0.3) is 0 Å². The first kappa shape index (κ1) is 24.6. The molecule has 0 saturated heterocycles. The van der Waals surface area contributed by atoms with Crippen LogP contribution in [-0.4, -0.2) is 0 Å². The SMILES string of the molecule is CC(C)CCCC(C)C1CCC2C3CCC(CCC#N)C(C)(CCC#N)C3CCC12C. The lowest BCUT2D eigenvalue weighted by Gasteiger charge is -2.59. The molecule has 0 aromatic heterocycles. The number of rotatable bonds is 9. The van der Waals surface area contributed by atoms with E-state index >= 15 is 0 Å². The molecule has 3 rings (SSSR count). The van der Waals surface area contributed by atoms with Crippen molar-refractivity contribution in [3.8, 4) is 12.1 Å². The topological polar surface area (TPSA) is 47.6 Å². The van der Waals surface area contributed by atoms with Gasteiger partial charge >= 0.3 is 0 Å². The van der Waals surface area contributed by atoms with Crippen LogP contribution in [0.5, 0.6) is 0 Å². The van der Waals surface area contributed by atoms with E-state index in [1.54, 1.807) is 0 Å². The molecule has 3 saturated carbocycles. The van der Waals surface area contributed by atoms with Gasteiger partial charge in [0.2, 0.25) is 0 Å². The van der Waals surface area contributed by atoms with Crippen molar-refractivity contribution >= 4 is 0 Å². The average molecular weight is 425 g/mol. The van der Waals surface area contributed by atoms with E-state index in [1.807, 2.05) is 0 Å². The zero-order valence-electron chi connectivity index (χ0n) is 21.1. The molecule has 8 atom stereocenters. The Kier molecular flexibility index (Phi) is 8.16. The molecule has 0 spiro atoms. The quantitative estimate of drug-likeness (QED) is 0.372. The highest BCUT2D eigenvalue weighted by molar-refractivity contribution is 5.09. The van der Waals surface area contributed by atoms with Gasteiger partial charge in [-0.25, -0.2) is 0 Å². The van der Waals surface area contributed by atoms with Gasteiger partial charge in [-0.2, -0.15) is 10.5 Å². The standard InChI is InChI=1S/C29H48N2/c1-21(2)9-6-10-22(3)25-14-15-26-24-13-12-23(11-7-19-30)28(4,17-8-20-31)27(24)16-18-29(25,26)5/h21-27H,6-18H2,1-5H3. The summed E-state index contributed by atoms with van der Waals surface area (Å²) in [6.45, 7) is 12.4. The first-order chi connectivity index (χ1) is 14.8. The van der Waals surface area contributed by atoms with E-state index in [1.165, 1.54) is 57.8 Å². The monoisotopic (exact) mass is 424 g/mol. The normalized spacial score (nSPS) is 40.6. The molecule has 0 aliphatic heterocycles. The summed E-state index contributed by atoms with van der Waals surface area (Å²) in [5.74, 6) is 5.76. The third-order valence-electron chi connectivity index (χ3n) is 10.6. The van der Waals surface area contributed by atoms with Crippen LogP contribution in [0.15, 0.2) is 0 Å². The molecule has 3 aliphatic carbocycles. The maximum absolute atomic E-state index is 9.36. The number of nitriles is 2. The fourth-order valence-corrected chi connectivity index (χ4v) is 8.99. The van der Waals surface area contributed by atoms with E-state index in [0.29, 0.717) is 24.2 Å². The Morgan fingerprint density at radius 2 is 1.61 bits per heavy atom. The van der Waals surface area contributed by atoms with Crippen molar-refractivity contribution in [3.63, 3.8) is 0 Å². The van der Waals surface area contributed by atoms with Crippen LogP contribution in [-0.2, 0) is 0 Å². The van der Waals surface area contributed by atoms with Crippen LogP contribution in [0, 0.1) is 74.9 Å². The average Bonchev–Trinajstić information content (AvgIpc) is 3.09. The molecule has 3 fully saturated rings. The molecule has 174 valence electrons. The summed E-state index contributed by atoms with van der Waals surface area (Å²) in [4.78, 5) is 0. The minimum absolute atomic E-state index is 0.262. The second-order valence-electron chi connectivity index (χ2n) is 12.5. The summed E-state index contributed by atoms with van der Waals surface area (Å²) < 4.78 is 0. The lowest BCUT2D eigenvalue weighted by atomic mass is 9.45. The van der Waals surface area contributed by atoms with Crippen molar-refractivity contribution in [2.45, 2.75) is 118 Å². The summed E-state index contributed by atoms with van der Waals surface area (Å²) in [6, 6.07) is 4.85. The largest absolute Gasteiger partial charge is 0.198 e. The van der Waals surface area contributed by atoms with E-state index in [0.717, 1.165) is 48.3 Å². The Morgan fingerprint density at radius 1 is 0.871 bits per heavy atom. The number of fused-ring (bicyclic) bond motifs is 3. The lowest BCUT2D eigenvalue weighted by molar-refractivity contribution is -0.104. The second-order valence-corrected chi connectivity index (χ2v) is 12.5. The molecular weight excluding hydrogens is 376 g/mol. The van der Waals surface area contributed by atoms with Crippen molar-refractivity contribution in [1.82, 2.24) is 0 Å². The summed E-state index contributed by atoms with van der Waals surface area (Å²) in [5, 5.41) is 18.6. The molecule has 0 aromatic carbocycles. The molecule has 31 heavy (non-hydrogen) atoms. The highest BCUT2D eigenvalue weighted by atomic mass is 14.6. The van der Waals surface area contributed by atoms with Gasteiger partial charge in [-0.1, -0.05) is 53.9 Å². The van der Waals surface area contributed by atoms with Gasteiger partial charge in [0.1, 0.15) is 0 Å². The van der Waals surface area contributed by atoms with Crippen LogP contribution in [0.2, 0.25) is 0 Å². The van der Waals surface area contributed by atoms with Crippen LogP contribution < -0.4 is 0 Å². The highest BCUT2D eigenvalue weighted by Crippen LogP contribution is 2.67. The molecule has 0 bridgehead atoms. The Labute approximate surface area is 193 Å². The molecule has 0 heterocycles. The fourth-order valence-electron chi connectivity index (χ4n) is 8.99. The summed E-state index contributed by atoms with van der Waals surface area (Å²) in [7, 11) is 0. The summed E-state index contributed by atoms with van der Waals surface area (Å²) in [6.07, 6.45) is 15.9. The maximum atomic E-state index is 9.36. The molecular formula is C29H48N2. The molecule has 2 heteroatoms. The van der Waals surface area contributed by atoms with E-state index in [2.05, 4.69) is 46.8 Å². The van der Waals surface area contributed by atoms with Crippen molar-refractivity contribution in [1.29, 1.82) is 10.5 Å². The fraction of sp³-hybridized carbons (Fsp3) is 0.931. The second kappa shape index (κ2) is 10.3. The Bertz CT molecular complexity index is 669. The third-order valence-corrected chi connectivity index (χ3v) is 10.6. The molecule has 8 unspecified atom stereocenters. The Hall–Kier alpha value is -1.02. The van der Waals surface area contributed by atoms with E-state index in [-0.39, 0.29) is 5.41 Å². The van der Waals surface area contributed by atoms with Crippen LogP contribution in [0.3, 0.4) is 0 Å². The zero-order valence-corrected chi connectivity index (χ0v) is 21.1. The van der Waals surface area contributed by atoms with Crippen LogP contribution in [0.4, 0.5) is 0 Å². The van der Waals surface area contributed by atoms with Gasteiger partial charge in [-0.3, -0.25) is 0 Å². The predicted octanol–water partition coefficient (Wildman–Crippen LogP) is 8.53. The molecule has 0 radical (unpaired) electrons. The summed E-state index contributed by atoms with van der Waals surface area (Å²) in [5.41, 5.74) is 0.797. The van der Waals surface area contributed by atoms with Crippen LogP contribution >= 0.6 is 0 Å². The number of nitrogens with zero attached hydrogens (tertiary/aromatic N) is 2. The van der Waals surface area contributed by atoms with Gasteiger partial charge in [0.15, 0.2) is 0 Å². The minimum atomic E-state index is 0.262. The lowest BCUT2D eigenvalue weighted by Crippen LogP contribution is -2.52. The zero-order chi connectivity index (χ0) is 22.6.